The third-order valence-corrected chi connectivity index (χ3v) is 3.75. The van der Waals surface area contributed by atoms with Crippen LogP contribution in [0, 0.1) is 6.92 Å². The van der Waals surface area contributed by atoms with Gasteiger partial charge in [0.05, 0.1) is 0 Å². The molecular formula is C16H28N4. The molecule has 1 saturated carbocycles. The van der Waals surface area contributed by atoms with E-state index >= 15 is 0 Å². The van der Waals surface area contributed by atoms with E-state index in [9.17, 15) is 0 Å². The Hall–Kier alpha value is -1.32. The maximum atomic E-state index is 4.91. The largest absolute Gasteiger partial charge is 0.373 e. The molecule has 0 atom stereocenters. The van der Waals surface area contributed by atoms with Crippen LogP contribution >= 0.6 is 0 Å². The Balaban J connectivity index is 2.49. The Labute approximate surface area is 123 Å². The molecule has 1 N–H and O–H groups in total. The molecule has 1 aromatic heterocycles. The van der Waals surface area contributed by atoms with Crippen LogP contribution in [0.5, 0.6) is 0 Å². The minimum absolute atomic E-state index is 0.0323. The number of hydrogen-bond donors (Lipinski definition) is 1. The molecule has 1 aromatic rings. The average molecular weight is 276 g/mol. The fourth-order valence-electron chi connectivity index (χ4n) is 2.45. The molecule has 1 aliphatic rings. The average Bonchev–Trinajstić information content (AvgIpc) is 3.19. The minimum atomic E-state index is -0.0323. The molecule has 0 spiro atoms. The summed E-state index contributed by atoms with van der Waals surface area (Å²) in [5, 5.41) is 3.23. The molecule has 20 heavy (non-hydrogen) atoms. The minimum Gasteiger partial charge on any atom is -0.373 e. The zero-order valence-corrected chi connectivity index (χ0v) is 13.7. The van der Waals surface area contributed by atoms with Crippen LogP contribution in [0.15, 0.2) is 0 Å². The van der Waals surface area contributed by atoms with Gasteiger partial charge in [0.25, 0.3) is 0 Å². The van der Waals surface area contributed by atoms with Crippen LogP contribution in [0.4, 0.5) is 11.6 Å². The van der Waals surface area contributed by atoms with E-state index in [4.69, 9.17) is 9.97 Å². The van der Waals surface area contributed by atoms with Crippen molar-refractivity contribution in [2.45, 2.75) is 65.3 Å². The predicted octanol–water partition coefficient (Wildman–Crippen LogP) is 3.50. The van der Waals surface area contributed by atoms with Crippen molar-refractivity contribution in [3.63, 3.8) is 0 Å². The van der Waals surface area contributed by atoms with Crippen molar-refractivity contribution < 1.29 is 0 Å². The number of anilines is 2. The molecule has 0 radical (unpaired) electrons. The van der Waals surface area contributed by atoms with E-state index in [1.165, 1.54) is 18.4 Å². The lowest BCUT2D eigenvalue weighted by atomic mass is 9.95. The Morgan fingerprint density at radius 3 is 2.35 bits per heavy atom. The van der Waals surface area contributed by atoms with Gasteiger partial charge in [0, 0.05) is 30.6 Å². The molecule has 0 aromatic carbocycles. The first-order valence-electron chi connectivity index (χ1n) is 7.72. The Kier molecular flexibility index (Phi) is 4.21. The summed E-state index contributed by atoms with van der Waals surface area (Å²) < 4.78 is 0. The van der Waals surface area contributed by atoms with Gasteiger partial charge >= 0.3 is 0 Å². The van der Waals surface area contributed by atoms with Crippen molar-refractivity contribution in [2.75, 3.05) is 23.8 Å². The van der Waals surface area contributed by atoms with E-state index < -0.39 is 0 Å². The molecule has 2 rings (SSSR count). The first-order valence-corrected chi connectivity index (χ1v) is 7.72. The normalized spacial score (nSPS) is 15.3. The number of hydrogen-bond acceptors (Lipinski definition) is 4. The molecule has 0 unspecified atom stereocenters. The second-order valence-electron chi connectivity index (χ2n) is 6.77. The lowest BCUT2D eigenvalue weighted by molar-refractivity contribution is 0.543. The molecule has 1 heterocycles. The topological polar surface area (TPSA) is 41.1 Å². The van der Waals surface area contributed by atoms with Crippen molar-refractivity contribution in [3.8, 4) is 0 Å². The van der Waals surface area contributed by atoms with Gasteiger partial charge in [-0.15, -0.1) is 0 Å². The van der Waals surface area contributed by atoms with Crippen molar-refractivity contribution in [2.24, 2.45) is 0 Å². The Morgan fingerprint density at radius 2 is 1.90 bits per heavy atom. The van der Waals surface area contributed by atoms with Gasteiger partial charge in [-0.25, -0.2) is 9.97 Å². The van der Waals surface area contributed by atoms with Crippen molar-refractivity contribution >= 4 is 11.6 Å². The van der Waals surface area contributed by atoms with Gasteiger partial charge in [0.2, 0.25) is 0 Å². The molecule has 0 amide bonds. The highest BCUT2D eigenvalue weighted by molar-refractivity contribution is 5.59. The van der Waals surface area contributed by atoms with Gasteiger partial charge in [0.15, 0.2) is 0 Å². The fraction of sp³-hybridized carbons (Fsp3) is 0.750. The second kappa shape index (κ2) is 5.58. The summed E-state index contributed by atoms with van der Waals surface area (Å²) in [6.07, 6.45) is 3.74. The van der Waals surface area contributed by atoms with Gasteiger partial charge in [-0.3, -0.25) is 0 Å². The van der Waals surface area contributed by atoms with Crippen molar-refractivity contribution in [1.29, 1.82) is 0 Å². The third kappa shape index (κ3) is 3.05. The summed E-state index contributed by atoms with van der Waals surface area (Å²) in [6.45, 7) is 11.9. The highest BCUT2D eigenvalue weighted by Crippen LogP contribution is 2.35. The fourth-order valence-corrected chi connectivity index (χ4v) is 2.45. The van der Waals surface area contributed by atoms with Crippen molar-refractivity contribution in [3.05, 3.63) is 11.4 Å². The predicted molar refractivity (Wildman–Crippen MR) is 85.7 cm³/mol. The summed E-state index contributed by atoms with van der Waals surface area (Å²) in [6, 6.07) is 0.682. The van der Waals surface area contributed by atoms with E-state index in [2.05, 4.69) is 44.8 Å². The van der Waals surface area contributed by atoms with Crippen LogP contribution in [0.2, 0.25) is 0 Å². The molecular weight excluding hydrogens is 248 g/mol. The monoisotopic (exact) mass is 276 g/mol. The van der Waals surface area contributed by atoms with Gasteiger partial charge in [0.1, 0.15) is 17.5 Å². The van der Waals surface area contributed by atoms with E-state index in [0.717, 1.165) is 30.4 Å². The molecule has 0 aliphatic heterocycles. The third-order valence-electron chi connectivity index (χ3n) is 3.75. The molecule has 1 aliphatic carbocycles. The lowest BCUT2D eigenvalue weighted by Crippen LogP contribution is -2.30. The van der Waals surface area contributed by atoms with Crippen LogP contribution in [0.25, 0.3) is 0 Å². The van der Waals surface area contributed by atoms with Gasteiger partial charge in [-0.1, -0.05) is 27.7 Å². The van der Waals surface area contributed by atoms with E-state index in [1.54, 1.807) is 0 Å². The maximum absolute atomic E-state index is 4.91. The highest BCUT2D eigenvalue weighted by atomic mass is 15.2. The summed E-state index contributed by atoms with van der Waals surface area (Å²) in [4.78, 5) is 12.1. The zero-order chi connectivity index (χ0) is 14.9. The van der Waals surface area contributed by atoms with Crippen molar-refractivity contribution in [1.82, 2.24) is 9.97 Å². The van der Waals surface area contributed by atoms with E-state index in [1.807, 2.05) is 7.05 Å². The summed E-state index contributed by atoms with van der Waals surface area (Å²) in [5.74, 6) is 3.00. The number of rotatable bonds is 5. The standard InChI is InChI=1S/C16H28N4/c1-7-10-20(12-8-9-12)14-11(2)13(17-6)18-15(19-14)16(3,4)5/h12H,7-10H2,1-6H3,(H,17,18,19). The smallest absolute Gasteiger partial charge is 0.138 e. The SMILES string of the molecule is CCCN(c1nc(C(C)(C)C)nc(NC)c1C)C1CC1. The van der Waals surface area contributed by atoms with E-state index in [0.29, 0.717) is 6.04 Å². The van der Waals surface area contributed by atoms with E-state index in [-0.39, 0.29) is 5.41 Å². The molecule has 0 bridgehead atoms. The molecule has 0 saturated heterocycles. The van der Waals surface area contributed by atoms with Gasteiger partial charge < -0.3 is 10.2 Å². The van der Waals surface area contributed by atoms with Gasteiger partial charge in [-0.05, 0) is 26.2 Å². The highest BCUT2D eigenvalue weighted by Gasteiger charge is 2.32. The van der Waals surface area contributed by atoms with Crippen LogP contribution < -0.4 is 10.2 Å². The maximum Gasteiger partial charge on any atom is 0.138 e. The van der Waals surface area contributed by atoms with Crippen LogP contribution in [0.3, 0.4) is 0 Å². The van der Waals surface area contributed by atoms with Crippen LogP contribution in [0.1, 0.15) is 58.3 Å². The molecule has 112 valence electrons. The summed E-state index contributed by atoms with van der Waals surface area (Å²) >= 11 is 0. The quantitative estimate of drug-likeness (QED) is 0.893. The lowest BCUT2D eigenvalue weighted by Gasteiger charge is -2.28. The number of nitrogens with zero attached hydrogens (tertiary/aromatic N) is 3. The van der Waals surface area contributed by atoms with Gasteiger partial charge in [-0.2, -0.15) is 0 Å². The van der Waals surface area contributed by atoms with Crippen LogP contribution in [-0.4, -0.2) is 29.6 Å². The Morgan fingerprint density at radius 1 is 1.25 bits per heavy atom. The summed E-state index contributed by atoms with van der Waals surface area (Å²) in [5.41, 5.74) is 1.14. The number of aromatic nitrogens is 2. The zero-order valence-electron chi connectivity index (χ0n) is 13.7. The molecule has 4 nitrogen and oxygen atoms in total. The number of nitrogens with one attached hydrogen (secondary N) is 1. The molecule has 4 heteroatoms. The molecule has 1 fully saturated rings. The first kappa shape index (κ1) is 15.1. The van der Waals surface area contributed by atoms with Crippen LogP contribution in [-0.2, 0) is 5.41 Å². The first-order chi connectivity index (χ1) is 9.38. The second-order valence-corrected chi connectivity index (χ2v) is 6.77. The Bertz CT molecular complexity index is 472. The summed E-state index contributed by atoms with van der Waals surface area (Å²) in [7, 11) is 1.94.